The van der Waals surface area contributed by atoms with Crippen LogP contribution in [0, 0.1) is 0 Å². The van der Waals surface area contributed by atoms with Gasteiger partial charge in [0.05, 0.1) is 13.2 Å². The number of amides is 1. The lowest BCUT2D eigenvalue weighted by molar-refractivity contribution is -0.129. The highest BCUT2D eigenvalue weighted by atomic mass is 16.5. The van der Waals surface area contributed by atoms with E-state index in [1.807, 2.05) is 36.1 Å². The summed E-state index contributed by atoms with van der Waals surface area (Å²) < 4.78 is 5.15. The molecular formula is C14H20N2O2. The van der Waals surface area contributed by atoms with Gasteiger partial charge in [0.2, 0.25) is 5.91 Å². The van der Waals surface area contributed by atoms with Crippen LogP contribution in [0.1, 0.15) is 32.0 Å². The molecule has 0 aliphatic carbocycles. The number of hydrogen-bond acceptors (Lipinski definition) is 3. The minimum absolute atomic E-state index is 0.0154. The second-order valence-electron chi connectivity index (χ2n) is 4.60. The summed E-state index contributed by atoms with van der Waals surface area (Å²) in [4.78, 5) is 14.0. The van der Waals surface area contributed by atoms with Crippen LogP contribution in [-0.2, 0) is 4.79 Å². The second kappa shape index (κ2) is 5.40. The van der Waals surface area contributed by atoms with Crippen molar-refractivity contribution in [1.82, 2.24) is 10.2 Å². The SMILES string of the molecule is CCCN1C(=O)C(C)NC1c1ccc(OC)cc1. The largest absolute Gasteiger partial charge is 0.497 e. The quantitative estimate of drug-likeness (QED) is 0.885. The van der Waals surface area contributed by atoms with Gasteiger partial charge in [0.15, 0.2) is 0 Å². The predicted octanol–water partition coefficient (Wildman–Crippen LogP) is 1.92. The van der Waals surface area contributed by atoms with E-state index in [9.17, 15) is 4.79 Å². The Morgan fingerprint density at radius 2 is 2.00 bits per heavy atom. The van der Waals surface area contributed by atoms with Crippen LogP contribution in [-0.4, -0.2) is 30.5 Å². The van der Waals surface area contributed by atoms with Crippen LogP contribution in [0.15, 0.2) is 24.3 Å². The topological polar surface area (TPSA) is 41.6 Å². The summed E-state index contributed by atoms with van der Waals surface area (Å²) in [5.74, 6) is 1.01. The molecule has 2 unspecified atom stereocenters. The van der Waals surface area contributed by atoms with Crippen molar-refractivity contribution in [3.05, 3.63) is 29.8 Å². The maximum Gasteiger partial charge on any atom is 0.241 e. The molecular weight excluding hydrogens is 228 g/mol. The Balaban J connectivity index is 2.22. The lowest BCUT2D eigenvalue weighted by atomic mass is 10.1. The number of ether oxygens (including phenoxy) is 1. The monoisotopic (exact) mass is 248 g/mol. The van der Waals surface area contributed by atoms with E-state index in [4.69, 9.17) is 4.74 Å². The van der Waals surface area contributed by atoms with Gasteiger partial charge >= 0.3 is 0 Å². The first-order chi connectivity index (χ1) is 8.67. The summed E-state index contributed by atoms with van der Waals surface area (Å²) in [7, 11) is 1.65. The van der Waals surface area contributed by atoms with Gasteiger partial charge in [-0.25, -0.2) is 0 Å². The number of hydrogen-bond donors (Lipinski definition) is 1. The summed E-state index contributed by atoms with van der Waals surface area (Å²) in [5.41, 5.74) is 1.10. The van der Waals surface area contributed by atoms with Gasteiger partial charge in [-0.1, -0.05) is 19.1 Å². The molecule has 1 heterocycles. The van der Waals surface area contributed by atoms with Crippen molar-refractivity contribution in [2.75, 3.05) is 13.7 Å². The summed E-state index contributed by atoms with van der Waals surface area (Å²) in [6, 6.07) is 7.75. The van der Waals surface area contributed by atoms with E-state index in [0.717, 1.165) is 24.3 Å². The Hall–Kier alpha value is -1.55. The van der Waals surface area contributed by atoms with E-state index >= 15 is 0 Å². The Morgan fingerprint density at radius 3 is 2.56 bits per heavy atom. The normalized spacial score (nSPS) is 23.5. The Bertz CT molecular complexity index is 416. The molecule has 1 aromatic rings. The molecule has 4 nitrogen and oxygen atoms in total. The van der Waals surface area contributed by atoms with Crippen LogP contribution in [0.2, 0.25) is 0 Å². The van der Waals surface area contributed by atoms with Gasteiger partial charge in [0.25, 0.3) is 0 Å². The lowest BCUT2D eigenvalue weighted by Gasteiger charge is -2.24. The van der Waals surface area contributed by atoms with Crippen molar-refractivity contribution in [3.63, 3.8) is 0 Å². The van der Waals surface area contributed by atoms with Crippen molar-refractivity contribution in [3.8, 4) is 5.75 Å². The maximum atomic E-state index is 12.0. The van der Waals surface area contributed by atoms with Crippen molar-refractivity contribution in [2.24, 2.45) is 0 Å². The molecule has 0 spiro atoms. The van der Waals surface area contributed by atoms with Gasteiger partial charge in [-0.2, -0.15) is 0 Å². The predicted molar refractivity (Wildman–Crippen MR) is 70.3 cm³/mol. The van der Waals surface area contributed by atoms with Crippen molar-refractivity contribution < 1.29 is 9.53 Å². The molecule has 1 aromatic carbocycles. The van der Waals surface area contributed by atoms with Gasteiger partial charge in [-0.05, 0) is 31.0 Å². The van der Waals surface area contributed by atoms with Crippen LogP contribution in [0.4, 0.5) is 0 Å². The van der Waals surface area contributed by atoms with E-state index in [-0.39, 0.29) is 18.1 Å². The molecule has 2 atom stereocenters. The van der Waals surface area contributed by atoms with Crippen LogP contribution < -0.4 is 10.1 Å². The number of benzene rings is 1. The van der Waals surface area contributed by atoms with Gasteiger partial charge in [-0.15, -0.1) is 0 Å². The first kappa shape index (κ1) is 12.9. The lowest BCUT2D eigenvalue weighted by Crippen LogP contribution is -2.31. The molecule has 0 bridgehead atoms. The molecule has 2 rings (SSSR count). The summed E-state index contributed by atoms with van der Waals surface area (Å²) in [5, 5.41) is 3.33. The maximum absolute atomic E-state index is 12.0. The molecule has 1 saturated heterocycles. The minimum atomic E-state index is -0.108. The van der Waals surface area contributed by atoms with Crippen molar-refractivity contribution in [2.45, 2.75) is 32.5 Å². The van der Waals surface area contributed by atoms with E-state index < -0.39 is 0 Å². The molecule has 0 radical (unpaired) electrons. The van der Waals surface area contributed by atoms with Crippen LogP contribution in [0.5, 0.6) is 5.75 Å². The smallest absolute Gasteiger partial charge is 0.241 e. The second-order valence-corrected chi connectivity index (χ2v) is 4.60. The first-order valence-corrected chi connectivity index (χ1v) is 6.38. The van der Waals surface area contributed by atoms with Gasteiger partial charge < -0.3 is 9.64 Å². The van der Waals surface area contributed by atoms with Crippen molar-refractivity contribution in [1.29, 1.82) is 0 Å². The van der Waals surface area contributed by atoms with Gasteiger partial charge in [0.1, 0.15) is 11.9 Å². The van der Waals surface area contributed by atoms with E-state index in [0.29, 0.717) is 0 Å². The Kier molecular flexibility index (Phi) is 3.87. The molecule has 0 aromatic heterocycles. The fourth-order valence-corrected chi connectivity index (χ4v) is 2.32. The Morgan fingerprint density at radius 1 is 1.33 bits per heavy atom. The van der Waals surface area contributed by atoms with Crippen LogP contribution in [0.25, 0.3) is 0 Å². The molecule has 0 saturated carbocycles. The third-order valence-corrected chi connectivity index (χ3v) is 3.27. The number of nitrogens with zero attached hydrogens (tertiary/aromatic N) is 1. The highest BCUT2D eigenvalue weighted by molar-refractivity contribution is 5.84. The Labute approximate surface area is 108 Å². The fraction of sp³-hybridized carbons (Fsp3) is 0.500. The number of methoxy groups -OCH3 is 1. The molecule has 1 fully saturated rings. The highest BCUT2D eigenvalue weighted by Gasteiger charge is 2.36. The summed E-state index contributed by atoms with van der Waals surface area (Å²) in [6.07, 6.45) is 0.950. The standard InChI is InChI=1S/C14H20N2O2/c1-4-9-16-13(15-10(2)14(16)17)11-5-7-12(18-3)8-6-11/h5-8,10,13,15H,4,9H2,1-3H3. The molecule has 1 aliphatic heterocycles. The van der Waals surface area contributed by atoms with Gasteiger partial charge in [-0.3, -0.25) is 10.1 Å². The molecule has 18 heavy (non-hydrogen) atoms. The van der Waals surface area contributed by atoms with Crippen LogP contribution >= 0.6 is 0 Å². The first-order valence-electron chi connectivity index (χ1n) is 6.38. The zero-order valence-electron chi connectivity index (χ0n) is 11.1. The third-order valence-electron chi connectivity index (χ3n) is 3.27. The van der Waals surface area contributed by atoms with E-state index in [1.165, 1.54) is 0 Å². The van der Waals surface area contributed by atoms with E-state index in [2.05, 4.69) is 12.2 Å². The van der Waals surface area contributed by atoms with E-state index in [1.54, 1.807) is 7.11 Å². The zero-order chi connectivity index (χ0) is 13.1. The summed E-state index contributed by atoms with van der Waals surface area (Å²) >= 11 is 0. The average Bonchev–Trinajstić information content (AvgIpc) is 2.68. The molecule has 98 valence electrons. The number of rotatable bonds is 4. The zero-order valence-corrected chi connectivity index (χ0v) is 11.1. The molecule has 1 amide bonds. The minimum Gasteiger partial charge on any atom is -0.497 e. The molecule has 4 heteroatoms. The molecule has 1 N–H and O–H groups in total. The fourth-order valence-electron chi connectivity index (χ4n) is 2.32. The van der Waals surface area contributed by atoms with Gasteiger partial charge in [0, 0.05) is 6.54 Å². The third kappa shape index (κ3) is 2.34. The molecule has 1 aliphatic rings. The number of carbonyl (C=O) groups is 1. The number of nitrogens with one attached hydrogen (secondary N) is 1. The van der Waals surface area contributed by atoms with Crippen molar-refractivity contribution >= 4 is 5.91 Å². The number of carbonyl (C=O) groups excluding carboxylic acids is 1. The van der Waals surface area contributed by atoms with Crippen LogP contribution in [0.3, 0.4) is 0 Å². The summed E-state index contributed by atoms with van der Waals surface area (Å²) in [6.45, 7) is 4.78. The highest BCUT2D eigenvalue weighted by Crippen LogP contribution is 2.26. The average molecular weight is 248 g/mol.